The Morgan fingerprint density at radius 2 is 2.00 bits per heavy atom. The van der Waals surface area contributed by atoms with Gasteiger partial charge in [-0.15, -0.1) is 0 Å². The molecule has 1 aliphatic carbocycles. The maximum Gasteiger partial charge on any atom is 0.309 e. The maximum absolute atomic E-state index is 11.0. The molecule has 0 bridgehead atoms. The fraction of sp³-hybridized carbons (Fsp3) is 0.417. The van der Waals surface area contributed by atoms with Crippen molar-refractivity contribution in [3.05, 3.63) is 29.8 Å². The van der Waals surface area contributed by atoms with Gasteiger partial charge in [0.2, 0.25) is 0 Å². The van der Waals surface area contributed by atoms with Gasteiger partial charge in [-0.3, -0.25) is 4.79 Å². The van der Waals surface area contributed by atoms with Crippen molar-refractivity contribution in [2.45, 2.75) is 19.3 Å². The highest BCUT2D eigenvalue weighted by molar-refractivity contribution is 5.78. The fourth-order valence-corrected chi connectivity index (χ4v) is 1.75. The fourth-order valence-electron chi connectivity index (χ4n) is 1.75. The molecule has 80 valence electrons. The van der Waals surface area contributed by atoms with Crippen molar-refractivity contribution in [2.75, 3.05) is 7.11 Å². The molecule has 0 saturated heterocycles. The second kappa shape index (κ2) is 3.57. The average Bonchev–Trinajstić information content (AvgIpc) is 3.00. The highest BCUT2D eigenvalue weighted by Gasteiger charge is 2.49. The van der Waals surface area contributed by atoms with Gasteiger partial charge in [-0.1, -0.05) is 12.1 Å². The summed E-state index contributed by atoms with van der Waals surface area (Å²) in [5.41, 5.74) is 0.588. The number of carboxylic acid groups (broad SMARTS) is 1. The first-order valence-corrected chi connectivity index (χ1v) is 5.03. The predicted octanol–water partition coefficient (Wildman–Crippen LogP) is 2.10. The number of aliphatic carboxylic acids is 1. The third kappa shape index (κ3) is 1.96. The zero-order chi connectivity index (χ0) is 10.9. The predicted molar refractivity (Wildman–Crippen MR) is 56.0 cm³/mol. The van der Waals surface area contributed by atoms with Gasteiger partial charge in [0, 0.05) is 0 Å². The summed E-state index contributed by atoms with van der Waals surface area (Å²) in [5, 5.41) is 9.04. The summed E-state index contributed by atoms with van der Waals surface area (Å²) in [5.74, 6) is 0.136. The zero-order valence-electron chi connectivity index (χ0n) is 8.69. The van der Waals surface area contributed by atoms with Crippen LogP contribution >= 0.6 is 0 Å². The van der Waals surface area contributed by atoms with Crippen LogP contribution in [0.5, 0.6) is 5.75 Å². The van der Waals surface area contributed by atoms with Crippen molar-refractivity contribution in [1.29, 1.82) is 0 Å². The van der Waals surface area contributed by atoms with Crippen molar-refractivity contribution in [2.24, 2.45) is 5.41 Å². The summed E-state index contributed by atoms with van der Waals surface area (Å²) in [6.45, 7) is 0. The first-order valence-electron chi connectivity index (χ1n) is 5.03. The van der Waals surface area contributed by atoms with Gasteiger partial charge >= 0.3 is 5.97 Å². The zero-order valence-corrected chi connectivity index (χ0v) is 8.69. The van der Waals surface area contributed by atoms with Crippen molar-refractivity contribution in [3.8, 4) is 5.75 Å². The van der Waals surface area contributed by atoms with Crippen LogP contribution in [0.15, 0.2) is 24.3 Å². The van der Waals surface area contributed by atoms with E-state index in [2.05, 4.69) is 0 Å². The van der Waals surface area contributed by atoms with E-state index < -0.39 is 11.4 Å². The molecule has 1 N–H and O–H groups in total. The Bertz CT molecular complexity index is 363. The van der Waals surface area contributed by atoms with E-state index in [9.17, 15) is 4.79 Å². The van der Waals surface area contributed by atoms with E-state index in [4.69, 9.17) is 9.84 Å². The van der Waals surface area contributed by atoms with Crippen LogP contribution in [0.1, 0.15) is 18.4 Å². The first kappa shape index (κ1) is 10.0. The Hall–Kier alpha value is -1.51. The summed E-state index contributed by atoms with van der Waals surface area (Å²) in [6, 6.07) is 7.60. The number of hydrogen-bond donors (Lipinski definition) is 1. The summed E-state index contributed by atoms with van der Waals surface area (Å²) in [6.07, 6.45) is 2.23. The minimum Gasteiger partial charge on any atom is -0.497 e. The molecule has 0 unspecified atom stereocenters. The van der Waals surface area contributed by atoms with E-state index in [1.807, 2.05) is 24.3 Å². The van der Waals surface area contributed by atoms with Crippen LogP contribution in [-0.2, 0) is 11.2 Å². The molecule has 1 fully saturated rings. The van der Waals surface area contributed by atoms with Crippen LogP contribution in [0.3, 0.4) is 0 Å². The quantitative estimate of drug-likeness (QED) is 0.820. The average molecular weight is 206 g/mol. The number of methoxy groups -OCH3 is 1. The third-order valence-corrected chi connectivity index (χ3v) is 3.01. The van der Waals surface area contributed by atoms with Crippen LogP contribution in [0.4, 0.5) is 0 Å². The lowest BCUT2D eigenvalue weighted by atomic mass is 9.97. The highest BCUT2D eigenvalue weighted by atomic mass is 16.5. The van der Waals surface area contributed by atoms with E-state index in [-0.39, 0.29) is 0 Å². The highest BCUT2D eigenvalue weighted by Crippen LogP contribution is 2.48. The van der Waals surface area contributed by atoms with Crippen LogP contribution in [0.25, 0.3) is 0 Å². The minimum absolute atomic E-state index is 0.478. The molecule has 1 aromatic carbocycles. The Balaban J connectivity index is 2.08. The molecule has 1 saturated carbocycles. The first-order chi connectivity index (χ1) is 7.16. The van der Waals surface area contributed by atoms with Gasteiger partial charge in [-0.05, 0) is 37.0 Å². The van der Waals surface area contributed by atoms with Crippen LogP contribution < -0.4 is 4.74 Å². The number of ether oxygens (including phenoxy) is 1. The standard InChI is InChI=1S/C12H14O3/c1-15-10-4-2-9(3-5-10)8-12(6-7-12)11(13)14/h2-5H,6-8H2,1H3,(H,13,14). The second-order valence-corrected chi connectivity index (χ2v) is 4.11. The third-order valence-electron chi connectivity index (χ3n) is 3.01. The summed E-state index contributed by atoms with van der Waals surface area (Å²) < 4.78 is 5.05. The molecule has 0 radical (unpaired) electrons. The summed E-state index contributed by atoms with van der Waals surface area (Å²) in [4.78, 5) is 11.0. The van der Waals surface area contributed by atoms with Gasteiger partial charge in [0.25, 0.3) is 0 Å². The molecule has 1 aromatic rings. The molecule has 15 heavy (non-hydrogen) atoms. The molecule has 3 nitrogen and oxygen atoms in total. The number of rotatable bonds is 4. The SMILES string of the molecule is COc1ccc(CC2(C(=O)O)CC2)cc1. The lowest BCUT2D eigenvalue weighted by molar-refractivity contribution is -0.143. The van der Waals surface area contributed by atoms with E-state index >= 15 is 0 Å². The van der Waals surface area contributed by atoms with Crippen molar-refractivity contribution < 1.29 is 14.6 Å². The molecule has 3 heteroatoms. The molecular weight excluding hydrogens is 192 g/mol. The Kier molecular flexibility index (Phi) is 2.39. The van der Waals surface area contributed by atoms with Gasteiger partial charge in [0.15, 0.2) is 0 Å². The smallest absolute Gasteiger partial charge is 0.309 e. The van der Waals surface area contributed by atoms with Gasteiger partial charge in [0.1, 0.15) is 5.75 Å². The molecular formula is C12H14O3. The molecule has 0 spiro atoms. The van der Waals surface area contributed by atoms with Crippen LogP contribution in [0.2, 0.25) is 0 Å². The van der Waals surface area contributed by atoms with Crippen molar-refractivity contribution in [3.63, 3.8) is 0 Å². The van der Waals surface area contributed by atoms with E-state index in [1.165, 1.54) is 0 Å². The lowest BCUT2D eigenvalue weighted by Crippen LogP contribution is -2.17. The molecule has 0 atom stereocenters. The number of carboxylic acids is 1. The number of benzene rings is 1. The minimum atomic E-state index is -0.668. The van der Waals surface area contributed by atoms with Crippen LogP contribution in [0, 0.1) is 5.41 Å². The largest absolute Gasteiger partial charge is 0.497 e. The molecule has 0 amide bonds. The van der Waals surface area contributed by atoms with Crippen molar-refractivity contribution >= 4 is 5.97 Å². The van der Waals surface area contributed by atoms with Gasteiger partial charge < -0.3 is 9.84 Å². The molecule has 0 aliphatic heterocycles. The van der Waals surface area contributed by atoms with Crippen molar-refractivity contribution in [1.82, 2.24) is 0 Å². The lowest BCUT2D eigenvalue weighted by Gasteiger charge is -2.09. The number of hydrogen-bond acceptors (Lipinski definition) is 2. The Morgan fingerprint density at radius 3 is 2.40 bits per heavy atom. The molecule has 0 aromatic heterocycles. The Morgan fingerprint density at radius 1 is 1.40 bits per heavy atom. The molecule has 0 heterocycles. The van der Waals surface area contributed by atoms with Gasteiger partial charge in [-0.25, -0.2) is 0 Å². The van der Waals surface area contributed by atoms with Gasteiger partial charge in [-0.2, -0.15) is 0 Å². The maximum atomic E-state index is 11.0. The van der Waals surface area contributed by atoms with E-state index in [0.717, 1.165) is 24.2 Å². The second-order valence-electron chi connectivity index (χ2n) is 4.11. The topological polar surface area (TPSA) is 46.5 Å². The van der Waals surface area contributed by atoms with Crippen LogP contribution in [-0.4, -0.2) is 18.2 Å². The number of carbonyl (C=O) groups is 1. The Labute approximate surface area is 88.7 Å². The molecule has 2 rings (SSSR count). The summed E-state index contributed by atoms with van der Waals surface area (Å²) >= 11 is 0. The van der Waals surface area contributed by atoms with E-state index in [0.29, 0.717) is 6.42 Å². The normalized spacial score (nSPS) is 17.1. The van der Waals surface area contributed by atoms with E-state index in [1.54, 1.807) is 7.11 Å². The monoisotopic (exact) mass is 206 g/mol. The summed E-state index contributed by atoms with van der Waals surface area (Å²) in [7, 11) is 1.62. The molecule has 1 aliphatic rings. The van der Waals surface area contributed by atoms with Gasteiger partial charge in [0.05, 0.1) is 12.5 Å².